The van der Waals surface area contributed by atoms with Crippen LogP contribution in [0.3, 0.4) is 0 Å². The first-order valence-electron chi connectivity index (χ1n) is 7.64. The monoisotopic (exact) mass is 331 g/mol. The topological polar surface area (TPSA) is 55.3 Å². The zero-order valence-corrected chi connectivity index (χ0v) is 13.7. The molecule has 2 heterocycles. The van der Waals surface area contributed by atoms with Crippen molar-refractivity contribution in [1.29, 1.82) is 0 Å². The van der Waals surface area contributed by atoms with Gasteiger partial charge >= 0.3 is 0 Å². The van der Waals surface area contributed by atoms with Crippen LogP contribution in [0.15, 0.2) is 30.3 Å². The van der Waals surface area contributed by atoms with Crippen LogP contribution in [0.5, 0.6) is 5.88 Å². The molecular weight excluding hydrogens is 314 g/mol. The number of Topliss-reactive ketones (excluding diaryl/α,β-unsaturated/α-hetero) is 1. The average molecular weight is 332 g/mol. The summed E-state index contributed by atoms with van der Waals surface area (Å²) < 4.78 is 5.57. The van der Waals surface area contributed by atoms with E-state index in [1.165, 1.54) is 0 Å². The summed E-state index contributed by atoms with van der Waals surface area (Å²) in [6.45, 7) is 3.77. The predicted octanol–water partition coefficient (Wildman–Crippen LogP) is 3.30. The van der Waals surface area contributed by atoms with E-state index < -0.39 is 0 Å². The molecule has 0 atom stereocenters. The van der Waals surface area contributed by atoms with Crippen LogP contribution in [-0.2, 0) is 0 Å². The fourth-order valence-corrected chi connectivity index (χ4v) is 2.64. The maximum Gasteiger partial charge on any atom is 0.228 e. The molecule has 0 unspecified atom stereocenters. The first-order chi connectivity index (χ1) is 11.1. The Morgan fingerprint density at radius 3 is 2.61 bits per heavy atom. The summed E-state index contributed by atoms with van der Waals surface area (Å²) >= 11 is 5.82. The molecule has 6 heteroatoms. The van der Waals surface area contributed by atoms with Gasteiger partial charge in [-0.25, -0.2) is 4.98 Å². The lowest BCUT2D eigenvalue weighted by Crippen LogP contribution is -2.21. The van der Waals surface area contributed by atoms with Crippen LogP contribution < -0.4 is 9.64 Å². The maximum absolute atomic E-state index is 12.1. The summed E-state index contributed by atoms with van der Waals surface area (Å²) in [6, 6.07) is 8.50. The third-order valence-corrected chi connectivity index (χ3v) is 3.98. The van der Waals surface area contributed by atoms with E-state index in [0.29, 0.717) is 22.4 Å². The van der Waals surface area contributed by atoms with Gasteiger partial charge in [0.25, 0.3) is 0 Å². The number of rotatable bonds is 5. The molecule has 1 fully saturated rings. The molecule has 3 rings (SSSR count). The summed E-state index contributed by atoms with van der Waals surface area (Å²) in [5, 5.41) is 0.601. The van der Waals surface area contributed by atoms with Gasteiger partial charge in [-0.2, -0.15) is 4.98 Å². The maximum atomic E-state index is 12.1. The first kappa shape index (κ1) is 15.7. The van der Waals surface area contributed by atoms with Crippen LogP contribution in [0.1, 0.15) is 28.9 Å². The Balaban J connectivity index is 1.67. The van der Waals surface area contributed by atoms with Crippen molar-refractivity contribution >= 4 is 23.3 Å². The number of carbonyl (C=O) groups excluding carboxylic acids is 1. The largest absolute Gasteiger partial charge is 0.469 e. The van der Waals surface area contributed by atoms with Crippen molar-refractivity contribution in [3.63, 3.8) is 0 Å². The van der Waals surface area contributed by atoms with Crippen LogP contribution in [0.4, 0.5) is 5.95 Å². The minimum atomic E-state index is -0.111. The Kier molecular flexibility index (Phi) is 4.76. The van der Waals surface area contributed by atoms with Gasteiger partial charge in [0.1, 0.15) is 0 Å². The first-order valence-corrected chi connectivity index (χ1v) is 8.02. The Bertz CT molecular complexity index is 697. The second kappa shape index (κ2) is 6.96. The predicted molar refractivity (Wildman–Crippen MR) is 89.5 cm³/mol. The standard InChI is InChI=1S/C17H18ClN3O2/c1-12-10-16(20-17(19-12)21-8-2-3-9-21)23-11-15(22)13-4-6-14(18)7-5-13/h4-7,10H,2-3,8-9,11H2,1H3. The molecule has 0 saturated carbocycles. The van der Waals surface area contributed by atoms with E-state index in [1.54, 1.807) is 30.3 Å². The van der Waals surface area contributed by atoms with Gasteiger partial charge < -0.3 is 9.64 Å². The third-order valence-electron chi connectivity index (χ3n) is 3.73. The summed E-state index contributed by atoms with van der Waals surface area (Å²) in [4.78, 5) is 23.1. The van der Waals surface area contributed by atoms with Gasteiger partial charge in [-0.3, -0.25) is 4.79 Å². The normalized spacial score (nSPS) is 14.1. The number of benzene rings is 1. The van der Waals surface area contributed by atoms with Crippen LogP contribution >= 0.6 is 11.6 Å². The summed E-state index contributed by atoms with van der Waals surface area (Å²) in [6.07, 6.45) is 2.31. The van der Waals surface area contributed by atoms with Crippen molar-refractivity contribution in [2.24, 2.45) is 0 Å². The highest BCUT2D eigenvalue weighted by molar-refractivity contribution is 6.30. The highest BCUT2D eigenvalue weighted by atomic mass is 35.5. The summed E-state index contributed by atoms with van der Waals surface area (Å²) in [5.74, 6) is 0.999. The molecule has 1 aliphatic rings. The Labute approximate surface area is 140 Å². The number of aryl methyl sites for hydroxylation is 1. The number of aromatic nitrogens is 2. The second-order valence-corrected chi connectivity index (χ2v) is 6.00. The van der Waals surface area contributed by atoms with Gasteiger partial charge in [0.05, 0.1) is 0 Å². The average Bonchev–Trinajstić information content (AvgIpc) is 3.07. The molecule has 1 saturated heterocycles. The van der Waals surface area contributed by atoms with Gasteiger partial charge in [0.15, 0.2) is 12.4 Å². The number of hydrogen-bond donors (Lipinski definition) is 0. The van der Waals surface area contributed by atoms with Crippen molar-refractivity contribution in [1.82, 2.24) is 9.97 Å². The minimum Gasteiger partial charge on any atom is -0.469 e. The smallest absolute Gasteiger partial charge is 0.228 e. The molecule has 1 aromatic carbocycles. The van der Waals surface area contributed by atoms with Crippen LogP contribution in [0, 0.1) is 6.92 Å². The number of ether oxygens (including phenoxy) is 1. The van der Waals surface area contributed by atoms with Gasteiger partial charge in [0, 0.05) is 35.4 Å². The van der Waals surface area contributed by atoms with Crippen molar-refractivity contribution in [3.05, 3.63) is 46.6 Å². The SMILES string of the molecule is Cc1cc(OCC(=O)c2ccc(Cl)cc2)nc(N2CCCC2)n1. The van der Waals surface area contributed by atoms with E-state index in [1.807, 2.05) is 6.92 Å². The number of halogens is 1. The van der Waals surface area contributed by atoms with E-state index in [2.05, 4.69) is 14.9 Å². The van der Waals surface area contributed by atoms with Gasteiger partial charge in [-0.1, -0.05) is 11.6 Å². The lowest BCUT2D eigenvalue weighted by atomic mass is 10.1. The molecule has 1 aromatic heterocycles. The Hall–Kier alpha value is -2.14. The van der Waals surface area contributed by atoms with E-state index in [4.69, 9.17) is 16.3 Å². The zero-order valence-electron chi connectivity index (χ0n) is 13.0. The molecule has 1 aliphatic heterocycles. The fourth-order valence-electron chi connectivity index (χ4n) is 2.52. The molecule has 5 nitrogen and oxygen atoms in total. The number of carbonyl (C=O) groups is 1. The summed E-state index contributed by atoms with van der Waals surface area (Å²) in [5.41, 5.74) is 1.40. The third kappa shape index (κ3) is 3.99. The lowest BCUT2D eigenvalue weighted by molar-refractivity contribution is 0.0918. The lowest BCUT2D eigenvalue weighted by Gasteiger charge is -2.16. The molecule has 0 amide bonds. The number of anilines is 1. The van der Waals surface area contributed by atoms with Crippen molar-refractivity contribution < 1.29 is 9.53 Å². The van der Waals surface area contributed by atoms with Crippen molar-refractivity contribution in [2.45, 2.75) is 19.8 Å². The second-order valence-electron chi connectivity index (χ2n) is 5.56. The molecule has 23 heavy (non-hydrogen) atoms. The Morgan fingerprint density at radius 2 is 1.91 bits per heavy atom. The molecule has 0 N–H and O–H groups in total. The molecule has 0 spiro atoms. The molecular formula is C17H18ClN3O2. The quantitative estimate of drug-likeness (QED) is 0.787. The molecule has 2 aromatic rings. The fraction of sp³-hybridized carbons (Fsp3) is 0.353. The van der Waals surface area contributed by atoms with Crippen molar-refractivity contribution in [2.75, 3.05) is 24.6 Å². The highest BCUT2D eigenvalue weighted by Gasteiger charge is 2.16. The zero-order chi connectivity index (χ0) is 16.2. The van der Waals surface area contributed by atoms with Gasteiger partial charge in [-0.15, -0.1) is 0 Å². The molecule has 0 bridgehead atoms. The molecule has 120 valence electrons. The number of ketones is 1. The molecule has 0 radical (unpaired) electrons. The number of hydrogen-bond acceptors (Lipinski definition) is 5. The highest BCUT2D eigenvalue weighted by Crippen LogP contribution is 2.20. The molecule has 0 aliphatic carbocycles. The van der Waals surface area contributed by atoms with Gasteiger partial charge in [0.2, 0.25) is 11.8 Å². The van der Waals surface area contributed by atoms with Crippen LogP contribution in [0.25, 0.3) is 0 Å². The Morgan fingerprint density at radius 1 is 1.22 bits per heavy atom. The van der Waals surface area contributed by atoms with Crippen LogP contribution in [-0.4, -0.2) is 35.4 Å². The van der Waals surface area contributed by atoms with E-state index in [0.717, 1.165) is 31.6 Å². The minimum absolute atomic E-state index is 0.0580. The summed E-state index contributed by atoms with van der Waals surface area (Å²) in [7, 11) is 0. The van der Waals surface area contributed by atoms with Crippen molar-refractivity contribution in [3.8, 4) is 5.88 Å². The number of nitrogens with zero attached hydrogens (tertiary/aromatic N) is 3. The van der Waals surface area contributed by atoms with E-state index >= 15 is 0 Å². The van der Waals surface area contributed by atoms with Gasteiger partial charge in [-0.05, 0) is 44.0 Å². The van der Waals surface area contributed by atoms with Crippen LogP contribution in [0.2, 0.25) is 5.02 Å². The van der Waals surface area contributed by atoms with E-state index in [9.17, 15) is 4.79 Å². The van der Waals surface area contributed by atoms with E-state index in [-0.39, 0.29) is 12.4 Å².